The molecule has 1 atom stereocenters. The van der Waals surface area contributed by atoms with Crippen LogP contribution in [0.2, 0.25) is 0 Å². The van der Waals surface area contributed by atoms with Gasteiger partial charge in [-0.15, -0.1) is 0 Å². The second kappa shape index (κ2) is 5.90. The number of methoxy groups -OCH3 is 1. The Hall–Kier alpha value is -2.11. The Labute approximate surface area is 116 Å². The number of likely N-dealkylation sites (tertiary alicyclic amines) is 1. The number of nitrogens with two attached hydrogens (primary N) is 1. The van der Waals surface area contributed by atoms with E-state index in [0.29, 0.717) is 19.5 Å². The van der Waals surface area contributed by atoms with Crippen molar-refractivity contribution in [1.82, 2.24) is 4.90 Å². The van der Waals surface area contributed by atoms with Crippen molar-refractivity contribution in [3.05, 3.63) is 29.6 Å². The lowest BCUT2D eigenvalue weighted by molar-refractivity contribution is -0.146. The molecule has 2 rings (SSSR count). The molecule has 1 heterocycles. The van der Waals surface area contributed by atoms with Gasteiger partial charge in [0.1, 0.15) is 5.82 Å². The van der Waals surface area contributed by atoms with Crippen molar-refractivity contribution >= 4 is 17.6 Å². The number of nitrogens with zero attached hydrogens (tertiary/aromatic N) is 1. The summed E-state index contributed by atoms with van der Waals surface area (Å²) < 4.78 is 18.0. The highest BCUT2D eigenvalue weighted by molar-refractivity contribution is 5.95. The first-order valence-corrected chi connectivity index (χ1v) is 6.44. The lowest BCUT2D eigenvalue weighted by Crippen LogP contribution is -2.42. The van der Waals surface area contributed by atoms with Crippen LogP contribution < -0.4 is 5.73 Å². The summed E-state index contributed by atoms with van der Waals surface area (Å²) in [5.74, 6) is -1.50. The lowest BCUT2D eigenvalue weighted by atomic mass is 9.97. The molecular formula is C14H17FN2O3. The van der Waals surface area contributed by atoms with Crippen LogP contribution in [0, 0.1) is 11.7 Å². The predicted molar refractivity (Wildman–Crippen MR) is 71.5 cm³/mol. The molecule has 108 valence electrons. The van der Waals surface area contributed by atoms with Gasteiger partial charge in [-0.05, 0) is 31.0 Å². The van der Waals surface area contributed by atoms with E-state index in [-0.39, 0.29) is 29.0 Å². The Morgan fingerprint density at radius 1 is 1.40 bits per heavy atom. The minimum absolute atomic E-state index is 0.202. The first-order chi connectivity index (χ1) is 9.51. The number of nitrogen functional groups attached to an aromatic ring is 1. The lowest BCUT2D eigenvalue weighted by Gasteiger charge is -2.31. The number of piperidine rings is 1. The molecule has 1 aromatic carbocycles. The first-order valence-electron chi connectivity index (χ1n) is 6.44. The van der Waals surface area contributed by atoms with Gasteiger partial charge < -0.3 is 15.4 Å². The van der Waals surface area contributed by atoms with Gasteiger partial charge in [-0.25, -0.2) is 4.39 Å². The summed E-state index contributed by atoms with van der Waals surface area (Å²) in [5, 5.41) is 0. The Morgan fingerprint density at radius 3 is 2.80 bits per heavy atom. The first kappa shape index (κ1) is 14.3. The Balaban J connectivity index is 2.14. The number of benzene rings is 1. The van der Waals surface area contributed by atoms with Gasteiger partial charge in [-0.1, -0.05) is 0 Å². The van der Waals surface area contributed by atoms with Crippen LogP contribution in [-0.4, -0.2) is 37.0 Å². The highest BCUT2D eigenvalue weighted by Crippen LogP contribution is 2.21. The van der Waals surface area contributed by atoms with Crippen molar-refractivity contribution in [3.8, 4) is 0 Å². The molecule has 1 aliphatic heterocycles. The van der Waals surface area contributed by atoms with Gasteiger partial charge in [0.05, 0.1) is 13.0 Å². The molecular weight excluding hydrogens is 263 g/mol. The molecule has 0 spiro atoms. The number of rotatable bonds is 2. The zero-order chi connectivity index (χ0) is 14.7. The molecule has 1 aromatic rings. The molecule has 0 saturated carbocycles. The number of carbonyl (C=O) groups excluding carboxylic acids is 2. The monoisotopic (exact) mass is 280 g/mol. The fourth-order valence-corrected chi connectivity index (χ4v) is 2.44. The molecule has 0 aromatic heterocycles. The average Bonchev–Trinajstić information content (AvgIpc) is 2.44. The van der Waals surface area contributed by atoms with Crippen LogP contribution in [-0.2, 0) is 9.53 Å². The van der Waals surface area contributed by atoms with E-state index in [9.17, 15) is 14.0 Å². The smallest absolute Gasteiger partial charge is 0.310 e. The van der Waals surface area contributed by atoms with E-state index in [2.05, 4.69) is 0 Å². The van der Waals surface area contributed by atoms with Gasteiger partial charge >= 0.3 is 5.97 Å². The number of anilines is 1. The molecule has 1 unspecified atom stereocenters. The van der Waals surface area contributed by atoms with E-state index in [0.717, 1.165) is 18.6 Å². The molecule has 5 nitrogen and oxygen atoms in total. The molecule has 1 fully saturated rings. The number of esters is 1. The Bertz CT molecular complexity index is 513. The third-order valence-electron chi connectivity index (χ3n) is 3.41. The van der Waals surface area contributed by atoms with Gasteiger partial charge in [0.2, 0.25) is 0 Å². The molecule has 20 heavy (non-hydrogen) atoms. The second-order valence-electron chi connectivity index (χ2n) is 4.89. The minimum Gasteiger partial charge on any atom is -0.469 e. The zero-order valence-corrected chi connectivity index (χ0v) is 11.3. The van der Waals surface area contributed by atoms with E-state index in [1.54, 1.807) is 4.90 Å². The number of amides is 1. The highest BCUT2D eigenvalue weighted by Gasteiger charge is 2.29. The predicted octanol–water partition coefficient (Wildman–Crippen LogP) is 1.43. The van der Waals surface area contributed by atoms with Crippen molar-refractivity contribution in [2.24, 2.45) is 5.92 Å². The number of ether oxygens (including phenoxy) is 1. The van der Waals surface area contributed by atoms with E-state index in [4.69, 9.17) is 10.5 Å². The Morgan fingerprint density at radius 2 is 2.15 bits per heavy atom. The quantitative estimate of drug-likeness (QED) is 0.657. The Kier molecular flexibility index (Phi) is 4.22. The number of hydrogen-bond donors (Lipinski definition) is 1. The van der Waals surface area contributed by atoms with Crippen LogP contribution in [0.25, 0.3) is 0 Å². The largest absolute Gasteiger partial charge is 0.469 e. The van der Waals surface area contributed by atoms with Crippen molar-refractivity contribution in [2.45, 2.75) is 12.8 Å². The summed E-state index contributed by atoms with van der Waals surface area (Å²) in [6, 6.07) is 3.75. The summed E-state index contributed by atoms with van der Waals surface area (Å²) in [6.45, 7) is 0.838. The van der Waals surface area contributed by atoms with Crippen LogP contribution in [0.4, 0.5) is 10.1 Å². The molecule has 0 bridgehead atoms. The number of hydrogen-bond acceptors (Lipinski definition) is 4. The third-order valence-corrected chi connectivity index (χ3v) is 3.41. The normalized spacial score (nSPS) is 18.7. The van der Waals surface area contributed by atoms with Crippen molar-refractivity contribution in [1.29, 1.82) is 0 Å². The number of carbonyl (C=O) groups is 2. The molecule has 0 aliphatic carbocycles. The molecule has 6 heteroatoms. The summed E-state index contributed by atoms with van der Waals surface area (Å²) in [6.07, 6.45) is 1.41. The maximum absolute atomic E-state index is 13.3. The fraction of sp³-hybridized carbons (Fsp3) is 0.429. The summed E-state index contributed by atoms with van der Waals surface area (Å²) >= 11 is 0. The van der Waals surface area contributed by atoms with E-state index in [1.807, 2.05) is 0 Å². The summed E-state index contributed by atoms with van der Waals surface area (Å²) in [5.41, 5.74) is 5.94. The minimum atomic E-state index is -0.546. The summed E-state index contributed by atoms with van der Waals surface area (Å²) in [7, 11) is 1.33. The van der Waals surface area contributed by atoms with E-state index >= 15 is 0 Å². The summed E-state index contributed by atoms with van der Waals surface area (Å²) in [4.78, 5) is 25.4. The van der Waals surface area contributed by atoms with Crippen molar-refractivity contribution < 1.29 is 18.7 Å². The van der Waals surface area contributed by atoms with Gasteiger partial charge in [-0.2, -0.15) is 0 Å². The third kappa shape index (κ3) is 3.07. The maximum atomic E-state index is 13.3. The van der Waals surface area contributed by atoms with Crippen LogP contribution in [0.15, 0.2) is 18.2 Å². The standard InChI is InChI=1S/C14H17FN2O3/c1-20-14(19)9-3-2-4-17(8-9)13(18)10-5-11(15)7-12(16)6-10/h5-7,9H,2-4,8,16H2,1H3. The van der Waals surface area contributed by atoms with Crippen LogP contribution in [0.5, 0.6) is 0 Å². The SMILES string of the molecule is COC(=O)C1CCCN(C(=O)c2cc(N)cc(F)c2)C1. The highest BCUT2D eigenvalue weighted by atomic mass is 19.1. The van der Waals surface area contributed by atoms with Gasteiger partial charge in [0.25, 0.3) is 5.91 Å². The van der Waals surface area contributed by atoms with Crippen LogP contribution in [0.1, 0.15) is 23.2 Å². The molecule has 2 N–H and O–H groups in total. The van der Waals surface area contributed by atoms with Crippen LogP contribution in [0.3, 0.4) is 0 Å². The van der Waals surface area contributed by atoms with E-state index in [1.165, 1.54) is 13.2 Å². The fourth-order valence-electron chi connectivity index (χ4n) is 2.44. The second-order valence-corrected chi connectivity index (χ2v) is 4.89. The van der Waals surface area contributed by atoms with Crippen molar-refractivity contribution in [3.63, 3.8) is 0 Å². The van der Waals surface area contributed by atoms with Crippen molar-refractivity contribution in [2.75, 3.05) is 25.9 Å². The van der Waals surface area contributed by atoms with E-state index < -0.39 is 5.82 Å². The number of halogens is 1. The zero-order valence-electron chi connectivity index (χ0n) is 11.3. The molecule has 1 saturated heterocycles. The van der Waals surface area contributed by atoms with Crippen LogP contribution >= 0.6 is 0 Å². The molecule has 1 aliphatic rings. The topological polar surface area (TPSA) is 72.6 Å². The average molecular weight is 280 g/mol. The molecule has 1 amide bonds. The van der Waals surface area contributed by atoms with Gasteiger partial charge in [-0.3, -0.25) is 9.59 Å². The maximum Gasteiger partial charge on any atom is 0.310 e. The van der Waals surface area contributed by atoms with Gasteiger partial charge in [0.15, 0.2) is 0 Å². The van der Waals surface area contributed by atoms with Gasteiger partial charge in [0, 0.05) is 24.3 Å². The molecule has 0 radical (unpaired) electrons.